The summed E-state index contributed by atoms with van der Waals surface area (Å²) in [5.74, 6) is -0.527. The van der Waals surface area contributed by atoms with Gasteiger partial charge in [-0.2, -0.15) is 0 Å². The predicted molar refractivity (Wildman–Crippen MR) is 62.9 cm³/mol. The molecule has 0 aliphatic rings. The molecule has 1 heterocycles. The molecule has 0 bridgehead atoms. The number of carbonyl (C=O) groups is 1. The van der Waals surface area contributed by atoms with E-state index < -0.39 is 9.58 Å². The van der Waals surface area contributed by atoms with Gasteiger partial charge in [0, 0.05) is 17.1 Å². The van der Waals surface area contributed by atoms with Crippen LogP contribution in [0.25, 0.3) is 10.9 Å². The van der Waals surface area contributed by atoms with E-state index in [2.05, 4.69) is 4.98 Å². The molecular formula is C10H6Cl3NO. The second-order valence-electron chi connectivity index (χ2n) is 3.07. The van der Waals surface area contributed by atoms with Crippen molar-refractivity contribution in [3.05, 3.63) is 36.0 Å². The molecule has 78 valence electrons. The Balaban J connectivity index is 2.62. The zero-order chi connectivity index (χ0) is 11.1. The number of Topliss-reactive ketones (excluding diaryl/α,β-unsaturated/α-hetero) is 1. The van der Waals surface area contributed by atoms with Crippen molar-refractivity contribution in [1.29, 1.82) is 0 Å². The monoisotopic (exact) mass is 261 g/mol. The highest BCUT2D eigenvalue weighted by Crippen LogP contribution is 2.32. The molecule has 0 radical (unpaired) electrons. The molecule has 0 aliphatic carbocycles. The Bertz CT molecular complexity index is 513. The maximum Gasteiger partial charge on any atom is 0.253 e. The van der Waals surface area contributed by atoms with E-state index in [9.17, 15) is 4.79 Å². The Hall–Kier alpha value is -0.700. The van der Waals surface area contributed by atoms with Gasteiger partial charge in [0.1, 0.15) is 0 Å². The van der Waals surface area contributed by atoms with Crippen LogP contribution in [0.1, 0.15) is 10.4 Å². The van der Waals surface area contributed by atoms with Crippen molar-refractivity contribution in [2.24, 2.45) is 0 Å². The fourth-order valence-electron chi connectivity index (χ4n) is 1.43. The second-order valence-corrected chi connectivity index (χ2v) is 5.36. The average Bonchev–Trinajstić information content (AvgIpc) is 2.62. The normalized spacial score (nSPS) is 11.9. The number of nitrogens with one attached hydrogen (secondary N) is 1. The number of aromatic amines is 1. The van der Waals surface area contributed by atoms with Crippen LogP contribution in [0.5, 0.6) is 0 Å². The van der Waals surface area contributed by atoms with Gasteiger partial charge in [0.05, 0.1) is 5.52 Å². The van der Waals surface area contributed by atoms with E-state index in [1.54, 1.807) is 18.3 Å². The molecule has 0 saturated heterocycles. The Morgan fingerprint density at radius 3 is 2.60 bits per heavy atom. The molecule has 5 heteroatoms. The summed E-state index contributed by atoms with van der Waals surface area (Å²) in [5, 5.41) is 0.912. The van der Waals surface area contributed by atoms with Gasteiger partial charge in [0.25, 0.3) is 3.79 Å². The molecule has 0 saturated carbocycles. The average molecular weight is 263 g/mol. The molecule has 0 aliphatic heterocycles. The van der Waals surface area contributed by atoms with Crippen LogP contribution in [0.3, 0.4) is 0 Å². The second kappa shape index (κ2) is 3.71. The van der Waals surface area contributed by atoms with Gasteiger partial charge in [-0.05, 0) is 12.1 Å². The number of benzene rings is 1. The van der Waals surface area contributed by atoms with Crippen molar-refractivity contribution >= 4 is 51.5 Å². The van der Waals surface area contributed by atoms with Gasteiger partial charge in [0.2, 0.25) is 5.78 Å². The van der Waals surface area contributed by atoms with E-state index in [4.69, 9.17) is 34.8 Å². The van der Waals surface area contributed by atoms with Crippen LogP contribution in [-0.2, 0) is 0 Å². The van der Waals surface area contributed by atoms with Crippen molar-refractivity contribution in [3.63, 3.8) is 0 Å². The highest BCUT2D eigenvalue weighted by atomic mass is 35.6. The molecule has 0 fully saturated rings. The summed E-state index contributed by atoms with van der Waals surface area (Å²) in [5.41, 5.74) is 1.08. The SMILES string of the molecule is O=C(c1cccc2cc[nH]c12)C(Cl)(Cl)Cl. The predicted octanol–water partition coefficient (Wildman–Crippen LogP) is 3.72. The van der Waals surface area contributed by atoms with Gasteiger partial charge < -0.3 is 4.98 Å². The third-order valence-electron chi connectivity index (χ3n) is 2.09. The van der Waals surface area contributed by atoms with Crippen molar-refractivity contribution in [3.8, 4) is 0 Å². The number of hydrogen-bond donors (Lipinski definition) is 1. The van der Waals surface area contributed by atoms with Crippen molar-refractivity contribution in [1.82, 2.24) is 4.98 Å². The Morgan fingerprint density at radius 2 is 1.93 bits per heavy atom. The molecule has 15 heavy (non-hydrogen) atoms. The standard InChI is InChI=1S/C10H6Cl3NO/c11-10(12,13)9(15)7-3-1-2-6-4-5-14-8(6)7/h1-5,14H. The fraction of sp³-hybridized carbons (Fsp3) is 0.100. The number of aromatic nitrogens is 1. The summed E-state index contributed by atoms with van der Waals surface area (Å²) in [6, 6.07) is 7.11. The molecule has 0 spiro atoms. The molecule has 2 aromatic rings. The van der Waals surface area contributed by atoms with Crippen LogP contribution < -0.4 is 0 Å². The summed E-state index contributed by atoms with van der Waals surface area (Å²) in [6.07, 6.45) is 1.74. The zero-order valence-electron chi connectivity index (χ0n) is 7.43. The number of carbonyl (C=O) groups excluding carboxylic acids is 1. The maximum absolute atomic E-state index is 11.8. The largest absolute Gasteiger partial charge is 0.361 e. The lowest BCUT2D eigenvalue weighted by Crippen LogP contribution is -2.19. The van der Waals surface area contributed by atoms with Gasteiger partial charge in [-0.1, -0.05) is 46.9 Å². The smallest absolute Gasteiger partial charge is 0.253 e. The fourth-order valence-corrected chi connectivity index (χ4v) is 1.73. The van der Waals surface area contributed by atoms with Crippen molar-refractivity contribution in [2.75, 3.05) is 0 Å². The van der Waals surface area contributed by atoms with Crippen LogP contribution >= 0.6 is 34.8 Å². The number of hydrogen-bond acceptors (Lipinski definition) is 1. The van der Waals surface area contributed by atoms with E-state index in [1.165, 1.54) is 0 Å². The number of H-pyrrole nitrogens is 1. The molecule has 2 nitrogen and oxygen atoms in total. The third-order valence-corrected chi connectivity index (χ3v) is 2.60. The Morgan fingerprint density at radius 1 is 1.20 bits per heavy atom. The highest BCUT2D eigenvalue weighted by Gasteiger charge is 2.32. The van der Waals surface area contributed by atoms with E-state index in [0.717, 1.165) is 5.39 Å². The topological polar surface area (TPSA) is 32.9 Å². The number of alkyl halides is 3. The van der Waals surface area contributed by atoms with Gasteiger partial charge >= 0.3 is 0 Å². The molecule has 1 aromatic carbocycles. The third kappa shape index (κ3) is 1.98. The van der Waals surface area contributed by atoms with Gasteiger partial charge in [-0.3, -0.25) is 4.79 Å². The number of halogens is 3. The molecule has 0 amide bonds. The number of fused-ring (bicyclic) bond motifs is 1. The minimum absolute atomic E-state index is 0.387. The van der Waals surface area contributed by atoms with Crippen LogP contribution in [0.4, 0.5) is 0 Å². The molecule has 0 atom stereocenters. The summed E-state index contributed by atoms with van der Waals surface area (Å²) < 4.78 is -1.92. The van der Waals surface area contributed by atoms with Gasteiger partial charge in [0.15, 0.2) is 0 Å². The summed E-state index contributed by atoms with van der Waals surface area (Å²) in [7, 11) is 0. The van der Waals surface area contributed by atoms with Crippen LogP contribution in [-0.4, -0.2) is 14.6 Å². The van der Waals surface area contributed by atoms with E-state index in [-0.39, 0.29) is 0 Å². The number of para-hydroxylation sites is 1. The van der Waals surface area contributed by atoms with Gasteiger partial charge in [-0.25, -0.2) is 0 Å². The van der Waals surface area contributed by atoms with Crippen LogP contribution in [0.15, 0.2) is 30.5 Å². The van der Waals surface area contributed by atoms with Crippen LogP contribution in [0.2, 0.25) is 0 Å². The minimum atomic E-state index is -1.92. The number of ketones is 1. The van der Waals surface area contributed by atoms with E-state index >= 15 is 0 Å². The maximum atomic E-state index is 11.8. The van der Waals surface area contributed by atoms with Crippen molar-refractivity contribution in [2.45, 2.75) is 3.79 Å². The van der Waals surface area contributed by atoms with Crippen LogP contribution in [0, 0.1) is 0 Å². The molecule has 2 rings (SSSR count). The van der Waals surface area contributed by atoms with Crippen molar-refractivity contribution < 1.29 is 4.79 Å². The Kier molecular flexibility index (Phi) is 2.67. The lowest BCUT2D eigenvalue weighted by molar-refractivity contribution is 0.0998. The zero-order valence-corrected chi connectivity index (χ0v) is 9.70. The molecule has 1 aromatic heterocycles. The van der Waals surface area contributed by atoms with E-state index in [1.807, 2.05) is 12.1 Å². The molecular weight excluding hydrogens is 256 g/mol. The number of rotatable bonds is 1. The minimum Gasteiger partial charge on any atom is -0.361 e. The summed E-state index contributed by atoms with van der Waals surface area (Å²) >= 11 is 16.7. The highest BCUT2D eigenvalue weighted by molar-refractivity contribution is 6.77. The first-order chi connectivity index (χ1) is 7.00. The lowest BCUT2D eigenvalue weighted by atomic mass is 10.1. The lowest BCUT2D eigenvalue weighted by Gasteiger charge is -2.09. The first kappa shape index (κ1) is 10.8. The first-order valence-electron chi connectivity index (χ1n) is 4.18. The van der Waals surface area contributed by atoms with Gasteiger partial charge in [-0.15, -0.1) is 0 Å². The first-order valence-corrected chi connectivity index (χ1v) is 5.31. The Labute approximate surface area is 101 Å². The summed E-state index contributed by atoms with van der Waals surface area (Å²) in [4.78, 5) is 14.7. The quantitative estimate of drug-likeness (QED) is 0.616. The van der Waals surface area contributed by atoms with E-state index in [0.29, 0.717) is 11.1 Å². The molecule has 1 N–H and O–H groups in total. The molecule has 0 unspecified atom stereocenters. The summed E-state index contributed by atoms with van der Waals surface area (Å²) in [6.45, 7) is 0.